The topological polar surface area (TPSA) is 54.5 Å². The smallest absolute Gasteiger partial charge is 0.410 e. The number of ether oxygens (including phenoxy) is 1. The van der Waals surface area contributed by atoms with Crippen LogP contribution in [0.2, 0.25) is 0 Å². The van der Waals surface area contributed by atoms with E-state index in [1.54, 1.807) is 0 Å². The van der Waals surface area contributed by atoms with E-state index < -0.39 is 5.60 Å². The minimum atomic E-state index is -0.442. The van der Waals surface area contributed by atoms with E-state index in [4.69, 9.17) is 4.74 Å². The standard InChI is InChI=1S/C16H24BrN3O2/c1-16(2,3)22-15(21)20-9-5-6-12(11-20)10-18-14-8-4-7-13(17)19-14/h4,7-8,12H,5-6,9-11H2,1-3H3,(H,18,19). The highest BCUT2D eigenvalue weighted by molar-refractivity contribution is 9.10. The first kappa shape index (κ1) is 17.1. The lowest BCUT2D eigenvalue weighted by molar-refractivity contribution is 0.0172. The molecule has 1 aromatic rings. The summed E-state index contributed by atoms with van der Waals surface area (Å²) in [7, 11) is 0. The van der Waals surface area contributed by atoms with Crippen molar-refractivity contribution in [1.82, 2.24) is 9.88 Å². The number of carbonyl (C=O) groups excluding carboxylic acids is 1. The second-order valence-electron chi connectivity index (χ2n) is 6.66. The van der Waals surface area contributed by atoms with Crippen LogP contribution in [0.1, 0.15) is 33.6 Å². The number of hydrogen-bond acceptors (Lipinski definition) is 4. The van der Waals surface area contributed by atoms with Gasteiger partial charge in [-0.2, -0.15) is 0 Å². The molecule has 2 heterocycles. The number of halogens is 1. The number of amides is 1. The van der Waals surface area contributed by atoms with Crippen LogP contribution in [-0.4, -0.2) is 41.2 Å². The molecule has 5 nitrogen and oxygen atoms in total. The van der Waals surface area contributed by atoms with Crippen LogP contribution in [0.4, 0.5) is 10.6 Å². The van der Waals surface area contributed by atoms with E-state index in [1.807, 2.05) is 43.9 Å². The van der Waals surface area contributed by atoms with Crippen molar-refractivity contribution < 1.29 is 9.53 Å². The summed E-state index contributed by atoms with van der Waals surface area (Å²) in [6.45, 7) is 8.01. The Kier molecular flexibility index (Phi) is 5.67. The summed E-state index contributed by atoms with van der Waals surface area (Å²) in [6.07, 6.45) is 1.91. The molecule has 1 atom stereocenters. The van der Waals surface area contributed by atoms with E-state index in [0.29, 0.717) is 5.92 Å². The summed E-state index contributed by atoms with van der Waals surface area (Å²) >= 11 is 3.36. The number of pyridine rings is 1. The van der Waals surface area contributed by atoms with Gasteiger partial charge >= 0.3 is 6.09 Å². The molecule has 1 saturated heterocycles. The van der Waals surface area contributed by atoms with Crippen molar-refractivity contribution in [3.8, 4) is 0 Å². The Morgan fingerprint density at radius 1 is 1.50 bits per heavy atom. The Labute approximate surface area is 140 Å². The van der Waals surface area contributed by atoms with Crippen LogP contribution in [0.15, 0.2) is 22.8 Å². The highest BCUT2D eigenvalue weighted by Crippen LogP contribution is 2.20. The molecule has 1 amide bonds. The van der Waals surface area contributed by atoms with Gasteiger partial charge in [-0.3, -0.25) is 0 Å². The Morgan fingerprint density at radius 3 is 2.95 bits per heavy atom. The molecule has 2 rings (SSSR count). The molecule has 1 aromatic heterocycles. The van der Waals surface area contributed by atoms with Gasteiger partial charge in [-0.15, -0.1) is 0 Å². The molecule has 22 heavy (non-hydrogen) atoms. The van der Waals surface area contributed by atoms with Crippen LogP contribution in [0.3, 0.4) is 0 Å². The highest BCUT2D eigenvalue weighted by Gasteiger charge is 2.27. The van der Waals surface area contributed by atoms with Crippen molar-refractivity contribution in [2.24, 2.45) is 5.92 Å². The largest absolute Gasteiger partial charge is 0.444 e. The molecule has 1 aliphatic rings. The van der Waals surface area contributed by atoms with Crippen LogP contribution in [-0.2, 0) is 4.74 Å². The fraction of sp³-hybridized carbons (Fsp3) is 0.625. The van der Waals surface area contributed by atoms with Gasteiger partial charge in [0.05, 0.1) is 0 Å². The van der Waals surface area contributed by atoms with E-state index >= 15 is 0 Å². The summed E-state index contributed by atoms with van der Waals surface area (Å²) < 4.78 is 6.27. The molecule has 0 spiro atoms. The normalized spacial score (nSPS) is 18.9. The summed E-state index contributed by atoms with van der Waals surface area (Å²) in [5.41, 5.74) is -0.442. The molecule has 0 radical (unpaired) electrons. The molecule has 122 valence electrons. The average molecular weight is 370 g/mol. The predicted octanol–water partition coefficient (Wildman–Crippen LogP) is 3.90. The summed E-state index contributed by atoms with van der Waals surface area (Å²) in [4.78, 5) is 18.3. The van der Waals surface area contributed by atoms with E-state index in [1.165, 1.54) is 0 Å². The Bertz CT molecular complexity index is 516. The third-order valence-electron chi connectivity index (χ3n) is 3.46. The van der Waals surface area contributed by atoms with Gasteiger partial charge in [-0.25, -0.2) is 9.78 Å². The van der Waals surface area contributed by atoms with Crippen molar-refractivity contribution in [1.29, 1.82) is 0 Å². The fourth-order valence-electron chi connectivity index (χ4n) is 2.48. The number of piperidine rings is 1. The average Bonchev–Trinajstić information content (AvgIpc) is 2.44. The van der Waals surface area contributed by atoms with Crippen LogP contribution >= 0.6 is 15.9 Å². The summed E-state index contributed by atoms with van der Waals surface area (Å²) in [6, 6.07) is 5.79. The number of nitrogens with one attached hydrogen (secondary N) is 1. The quantitative estimate of drug-likeness (QED) is 0.820. The molecule has 6 heteroatoms. The maximum absolute atomic E-state index is 12.1. The number of hydrogen-bond donors (Lipinski definition) is 1. The van der Waals surface area contributed by atoms with Crippen LogP contribution < -0.4 is 5.32 Å². The maximum Gasteiger partial charge on any atom is 0.410 e. The predicted molar refractivity (Wildman–Crippen MR) is 91.0 cm³/mol. The Balaban J connectivity index is 1.84. The second kappa shape index (κ2) is 7.31. The van der Waals surface area contributed by atoms with Gasteiger partial charge in [0, 0.05) is 19.6 Å². The zero-order valence-corrected chi connectivity index (χ0v) is 15.0. The summed E-state index contributed by atoms with van der Waals surface area (Å²) in [5, 5.41) is 3.34. The molecule has 0 aromatic carbocycles. The zero-order chi connectivity index (χ0) is 16.2. The molecule has 1 aliphatic heterocycles. The molecule has 1 fully saturated rings. The van der Waals surface area contributed by atoms with Gasteiger partial charge in [0.25, 0.3) is 0 Å². The third kappa shape index (κ3) is 5.48. The van der Waals surface area contributed by atoms with Crippen molar-refractivity contribution in [2.75, 3.05) is 25.0 Å². The van der Waals surface area contributed by atoms with Crippen LogP contribution in [0, 0.1) is 5.92 Å². The van der Waals surface area contributed by atoms with Crippen molar-refractivity contribution in [3.63, 3.8) is 0 Å². The second-order valence-corrected chi connectivity index (χ2v) is 7.47. The van der Waals surface area contributed by atoms with Gasteiger partial charge in [0.1, 0.15) is 16.0 Å². The fourth-order valence-corrected chi connectivity index (χ4v) is 2.82. The van der Waals surface area contributed by atoms with Gasteiger partial charge in [-0.05, 0) is 67.6 Å². The van der Waals surface area contributed by atoms with E-state index in [0.717, 1.165) is 42.9 Å². The van der Waals surface area contributed by atoms with Gasteiger partial charge in [0.2, 0.25) is 0 Å². The number of anilines is 1. The first-order valence-corrected chi connectivity index (χ1v) is 8.47. The molecule has 0 aliphatic carbocycles. The number of likely N-dealkylation sites (tertiary alicyclic amines) is 1. The van der Waals surface area contributed by atoms with Crippen LogP contribution in [0.25, 0.3) is 0 Å². The number of nitrogens with zero attached hydrogens (tertiary/aromatic N) is 2. The lowest BCUT2D eigenvalue weighted by Gasteiger charge is -2.34. The van der Waals surface area contributed by atoms with Gasteiger partial charge < -0.3 is 15.0 Å². The molecular weight excluding hydrogens is 346 g/mol. The monoisotopic (exact) mass is 369 g/mol. The Hall–Kier alpha value is -1.30. The molecule has 1 unspecified atom stereocenters. The van der Waals surface area contributed by atoms with Crippen molar-refractivity contribution in [2.45, 2.75) is 39.2 Å². The van der Waals surface area contributed by atoms with Crippen LogP contribution in [0.5, 0.6) is 0 Å². The lowest BCUT2D eigenvalue weighted by Crippen LogP contribution is -2.44. The Morgan fingerprint density at radius 2 is 2.27 bits per heavy atom. The molecule has 1 N–H and O–H groups in total. The van der Waals surface area contributed by atoms with Gasteiger partial charge in [0.15, 0.2) is 0 Å². The zero-order valence-electron chi connectivity index (χ0n) is 13.4. The van der Waals surface area contributed by atoms with E-state index in [2.05, 4.69) is 26.2 Å². The minimum Gasteiger partial charge on any atom is -0.444 e. The highest BCUT2D eigenvalue weighted by atomic mass is 79.9. The number of rotatable bonds is 3. The van der Waals surface area contributed by atoms with Crippen molar-refractivity contribution in [3.05, 3.63) is 22.8 Å². The number of carbonyl (C=O) groups is 1. The van der Waals surface area contributed by atoms with E-state index in [9.17, 15) is 4.79 Å². The third-order valence-corrected chi connectivity index (χ3v) is 3.90. The molecular formula is C16H24BrN3O2. The minimum absolute atomic E-state index is 0.210. The number of aromatic nitrogens is 1. The first-order chi connectivity index (χ1) is 10.3. The SMILES string of the molecule is CC(C)(C)OC(=O)N1CCCC(CNc2cccc(Br)n2)C1. The maximum atomic E-state index is 12.1. The summed E-state index contributed by atoms with van der Waals surface area (Å²) in [5.74, 6) is 1.27. The molecule has 0 bridgehead atoms. The van der Waals surface area contributed by atoms with Gasteiger partial charge in [-0.1, -0.05) is 6.07 Å². The molecule has 0 saturated carbocycles. The first-order valence-electron chi connectivity index (χ1n) is 7.68. The lowest BCUT2D eigenvalue weighted by atomic mass is 9.98. The van der Waals surface area contributed by atoms with E-state index in [-0.39, 0.29) is 6.09 Å². The van der Waals surface area contributed by atoms with Crippen molar-refractivity contribution >= 4 is 27.8 Å².